The smallest absolute Gasteiger partial charge is 0.746 e. The molecule has 0 saturated carbocycles. The number of ether oxygens (including phenoxy) is 1. The number of rotatable bonds is 5. The van der Waals surface area contributed by atoms with E-state index in [1.54, 1.807) is 6.92 Å². The molecule has 0 spiro atoms. The van der Waals surface area contributed by atoms with Gasteiger partial charge in [-0.3, -0.25) is 0 Å². The third-order valence-electron chi connectivity index (χ3n) is 1.16. The molecule has 0 bridgehead atoms. The molecule has 0 aromatic carbocycles. The second kappa shape index (κ2) is 7.17. The minimum atomic E-state index is -4.56. The van der Waals surface area contributed by atoms with Gasteiger partial charge < -0.3 is 14.4 Å². The van der Waals surface area contributed by atoms with Crippen LogP contribution in [0.5, 0.6) is 0 Å². The Kier molecular flexibility index (Phi) is 8.97. The van der Waals surface area contributed by atoms with E-state index in [1.807, 2.05) is 0 Å². The second-order valence-electron chi connectivity index (χ2n) is 2.47. The van der Waals surface area contributed by atoms with E-state index < -0.39 is 21.7 Å². The summed E-state index contributed by atoms with van der Waals surface area (Å²) in [5.41, 5.74) is -1.64. The van der Waals surface area contributed by atoms with Crippen molar-refractivity contribution in [3.05, 3.63) is 0 Å². The summed E-state index contributed by atoms with van der Waals surface area (Å²) in [4.78, 5) is 0. The summed E-state index contributed by atoms with van der Waals surface area (Å²) in [6.45, 7) is 3.13. The zero-order valence-corrected chi connectivity index (χ0v) is 10.9. The molecular formula is C6H13NaO5S. The van der Waals surface area contributed by atoms with Crippen molar-refractivity contribution in [1.82, 2.24) is 0 Å². The second-order valence-corrected chi connectivity index (χ2v) is 3.92. The molecule has 0 saturated heterocycles. The Balaban J connectivity index is 0. The van der Waals surface area contributed by atoms with E-state index in [2.05, 4.69) is 4.74 Å². The van der Waals surface area contributed by atoms with Crippen LogP contribution in [0, 0.1) is 0 Å². The summed E-state index contributed by atoms with van der Waals surface area (Å²) in [5.74, 6) is 0. The van der Waals surface area contributed by atoms with E-state index in [9.17, 15) is 13.0 Å². The van der Waals surface area contributed by atoms with Crippen LogP contribution in [0.15, 0.2) is 0 Å². The molecule has 0 radical (unpaired) electrons. The average Bonchev–Trinajstić information content (AvgIpc) is 1.84. The van der Waals surface area contributed by atoms with Gasteiger partial charge in [-0.1, -0.05) is 6.92 Å². The third kappa shape index (κ3) is 6.84. The van der Waals surface area contributed by atoms with E-state index in [0.717, 1.165) is 0 Å². The summed E-state index contributed by atoms with van der Waals surface area (Å²) >= 11 is 0. The zero-order valence-electron chi connectivity index (χ0n) is 8.06. The maximum Gasteiger partial charge on any atom is 1.00 e. The summed E-state index contributed by atoms with van der Waals surface area (Å²) in [6.07, 6.45) is -0.697. The Bertz CT molecular complexity index is 213. The molecule has 0 heterocycles. The van der Waals surface area contributed by atoms with Crippen LogP contribution >= 0.6 is 0 Å². The van der Waals surface area contributed by atoms with Crippen LogP contribution in [0.3, 0.4) is 0 Å². The number of hydrogen-bond acceptors (Lipinski definition) is 5. The Morgan fingerprint density at radius 1 is 1.54 bits per heavy atom. The molecule has 2 unspecified atom stereocenters. The van der Waals surface area contributed by atoms with Crippen molar-refractivity contribution < 1.29 is 52.4 Å². The van der Waals surface area contributed by atoms with E-state index in [-0.39, 0.29) is 36.2 Å². The predicted octanol–water partition coefficient (Wildman–Crippen LogP) is -3.33. The molecule has 2 atom stereocenters. The van der Waals surface area contributed by atoms with Gasteiger partial charge in [-0.05, 0) is 13.3 Å². The fourth-order valence-electron chi connectivity index (χ4n) is 0.698. The summed E-state index contributed by atoms with van der Waals surface area (Å²) < 4.78 is 36.0. The SMILES string of the molecule is CCCOC(C(C)O)S(=O)(=O)[O-].[Na+]. The van der Waals surface area contributed by atoms with E-state index in [0.29, 0.717) is 6.42 Å². The van der Waals surface area contributed by atoms with Crippen LogP contribution in [-0.2, 0) is 14.9 Å². The first kappa shape index (κ1) is 16.3. The molecule has 0 rings (SSSR count). The van der Waals surface area contributed by atoms with Crippen molar-refractivity contribution in [1.29, 1.82) is 0 Å². The van der Waals surface area contributed by atoms with Crippen molar-refractivity contribution in [3.63, 3.8) is 0 Å². The van der Waals surface area contributed by atoms with Gasteiger partial charge in [0.1, 0.15) is 10.1 Å². The molecule has 74 valence electrons. The molecule has 0 aliphatic rings. The number of aliphatic hydroxyl groups is 1. The third-order valence-corrected chi connectivity index (χ3v) is 2.26. The average molecular weight is 220 g/mol. The van der Waals surface area contributed by atoms with Gasteiger partial charge in [-0.15, -0.1) is 0 Å². The van der Waals surface area contributed by atoms with Gasteiger partial charge in [0.15, 0.2) is 5.44 Å². The van der Waals surface area contributed by atoms with Crippen LogP contribution in [0.4, 0.5) is 0 Å². The van der Waals surface area contributed by atoms with Crippen LogP contribution in [0.1, 0.15) is 20.3 Å². The standard InChI is InChI=1S/C6H14O5S.Na/c1-3-4-11-6(5(2)7)12(8,9)10;/h5-7H,3-4H2,1-2H3,(H,8,9,10);/q;+1/p-1. The van der Waals surface area contributed by atoms with E-state index in [1.165, 1.54) is 6.92 Å². The van der Waals surface area contributed by atoms with Gasteiger partial charge in [-0.25, -0.2) is 8.42 Å². The molecule has 13 heavy (non-hydrogen) atoms. The molecule has 5 nitrogen and oxygen atoms in total. The first-order valence-electron chi connectivity index (χ1n) is 3.64. The number of aliphatic hydroxyl groups excluding tert-OH is 1. The maximum atomic E-state index is 10.4. The van der Waals surface area contributed by atoms with E-state index >= 15 is 0 Å². The van der Waals surface area contributed by atoms with Gasteiger partial charge in [0, 0.05) is 6.61 Å². The van der Waals surface area contributed by atoms with Crippen molar-refractivity contribution in [2.24, 2.45) is 0 Å². The van der Waals surface area contributed by atoms with Gasteiger partial charge in [-0.2, -0.15) is 0 Å². The maximum absolute atomic E-state index is 10.4. The summed E-state index contributed by atoms with van der Waals surface area (Å²) in [5, 5.41) is 8.87. The van der Waals surface area contributed by atoms with Crippen LogP contribution < -0.4 is 29.6 Å². The Labute approximate surface area is 101 Å². The predicted molar refractivity (Wildman–Crippen MR) is 41.4 cm³/mol. The first-order chi connectivity index (χ1) is 5.39. The molecule has 0 aromatic rings. The zero-order chi connectivity index (χ0) is 9.78. The first-order valence-corrected chi connectivity index (χ1v) is 5.11. The minimum absolute atomic E-state index is 0. The van der Waals surface area contributed by atoms with Crippen molar-refractivity contribution >= 4 is 10.1 Å². The molecule has 0 aliphatic carbocycles. The Hall–Kier alpha value is 0.830. The molecular weight excluding hydrogens is 207 g/mol. The van der Waals surface area contributed by atoms with Crippen molar-refractivity contribution in [2.45, 2.75) is 31.8 Å². The molecule has 1 N–H and O–H groups in total. The van der Waals surface area contributed by atoms with E-state index in [4.69, 9.17) is 5.11 Å². The van der Waals surface area contributed by atoms with Crippen LogP contribution in [-0.4, -0.2) is 36.2 Å². The monoisotopic (exact) mass is 220 g/mol. The molecule has 0 aromatic heterocycles. The number of hydrogen-bond donors (Lipinski definition) is 1. The summed E-state index contributed by atoms with van der Waals surface area (Å²) in [7, 11) is -4.56. The quantitative estimate of drug-likeness (QED) is 0.387. The minimum Gasteiger partial charge on any atom is -0.746 e. The van der Waals surface area contributed by atoms with Crippen LogP contribution in [0.2, 0.25) is 0 Å². The fourth-order valence-corrected chi connectivity index (χ4v) is 1.44. The van der Waals surface area contributed by atoms with Crippen molar-refractivity contribution in [2.75, 3.05) is 6.61 Å². The molecule has 7 heteroatoms. The molecule has 0 fully saturated rings. The van der Waals surface area contributed by atoms with Gasteiger partial charge >= 0.3 is 29.6 Å². The Morgan fingerprint density at radius 3 is 2.23 bits per heavy atom. The topological polar surface area (TPSA) is 86.7 Å². The molecule has 0 aliphatic heterocycles. The van der Waals surface area contributed by atoms with Crippen LogP contribution in [0.25, 0.3) is 0 Å². The normalized spacial score (nSPS) is 16.0. The fraction of sp³-hybridized carbons (Fsp3) is 1.00. The molecule has 0 amide bonds. The largest absolute Gasteiger partial charge is 1.00 e. The van der Waals surface area contributed by atoms with Gasteiger partial charge in [0.25, 0.3) is 0 Å². The van der Waals surface area contributed by atoms with Gasteiger partial charge in [0.05, 0.1) is 6.10 Å². The van der Waals surface area contributed by atoms with Gasteiger partial charge in [0.2, 0.25) is 0 Å². The summed E-state index contributed by atoms with van der Waals surface area (Å²) in [6, 6.07) is 0. The Morgan fingerprint density at radius 2 is 2.00 bits per heavy atom. The van der Waals surface area contributed by atoms with Crippen molar-refractivity contribution in [3.8, 4) is 0 Å².